The highest BCUT2D eigenvalue weighted by molar-refractivity contribution is 6.02. The number of carbonyl (C=O) groups is 1. The van der Waals surface area contributed by atoms with E-state index in [-0.39, 0.29) is 18.3 Å². The predicted octanol–water partition coefficient (Wildman–Crippen LogP) is 4.14. The summed E-state index contributed by atoms with van der Waals surface area (Å²) in [5, 5.41) is 2.76. The van der Waals surface area contributed by atoms with Crippen molar-refractivity contribution in [2.24, 2.45) is 0 Å². The van der Waals surface area contributed by atoms with Crippen LogP contribution in [-0.4, -0.2) is 27.2 Å². The number of amides is 1. The van der Waals surface area contributed by atoms with E-state index in [1.165, 1.54) is 7.11 Å². The lowest BCUT2D eigenvalue weighted by molar-refractivity contribution is 0.0992. The van der Waals surface area contributed by atoms with E-state index in [2.05, 4.69) is 5.32 Å². The summed E-state index contributed by atoms with van der Waals surface area (Å²) >= 11 is 0. The van der Waals surface area contributed by atoms with Crippen molar-refractivity contribution < 1.29 is 28.2 Å². The van der Waals surface area contributed by atoms with E-state index in [4.69, 9.17) is 23.4 Å². The monoisotopic (exact) mass is 383 g/mol. The van der Waals surface area contributed by atoms with E-state index in [0.29, 0.717) is 28.7 Å². The average Bonchev–Trinajstić information content (AvgIpc) is 3.21. The zero-order chi connectivity index (χ0) is 19.9. The fourth-order valence-corrected chi connectivity index (χ4v) is 2.51. The average molecular weight is 383 g/mol. The zero-order valence-electron chi connectivity index (χ0n) is 15.9. The van der Waals surface area contributed by atoms with Gasteiger partial charge in [-0.25, -0.2) is 0 Å². The highest BCUT2D eigenvalue weighted by atomic mass is 16.5. The van der Waals surface area contributed by atoms with Crippen molar-refractivity contribution in [1.29, 1.82) is 0 Å². The minimum absolute atomic E-state index is 0.183. The lowest BCUT2D eigenvalue weighted by Crippen LogP contribution is -2.11. The molecule has 28 heavy (non-hydrogen) atoms. The summed E-state index contributed by atoms with van der Waals surface area (Å²) in [6.07, 6.45) is 0. The Balaban J connectivity index is 1.60. The van der Waals surface area contributed by atoms with Gasteiger partial charge in [-0.2, -0.15) is 0 Å². The van der Waals surface area contributed by atoms with Crippen LogP contribution in [0.3, 0.4) is 0 Å². The van der Waals surface area contributed by atoms with Crippen LogP contribution < -0.4 is 24.3 Å². The molecule has 0 radical (unpaired) electrons. The largest absolute Gasteiger partial charge is 0.497 e. The van der Waals surface area contributed by atoms with Gasteiger partial charge in [-0.05, 0) is 48.5 Å². The molecule has 0 fully saturated rings. The summed E-state index contributed by atoms with van der Waals surface area (Å²) in [5.41, 5.74) is 0.565. The van der Waals surface area contributed by atoms with Crippen molar-refractivity contribution in [3.05, 3.63) is 66.1 Å². The summed E-state index contributed by atoms with van der Waals surface area (Å²) in [5.74, 6) is 2.87. The molecule has 3 aromatic rings. The lowest BCUT2D eigenvalue weighted by Gasteiger charge is -2.10. The van der Waals surface area contributed by atoms with E-state index in [1.807, 2.05) is 0 Å². The van der Waals surface area contributed by atoms with Gasteiger partial charge in [0.05, 0.1) is 21.3 Å². The number of hydrogen-bond donors (Lipinski definition) is 1. The number of methoxy groups -OCH3 is 3. The summed E-state index contributed by atoms with van der Waals surface area (Å²) in [4.78, 5) is 12.4. The first kappa shape index (κ1) is 19.2. The third kappa shape index (κ3) is 4.56. The predicted molar refractivity (Wildman–Crippen MR) is 104 cm³/mol. The molecule has 1 N–H and O–H groups in total. The molecule has 0 aliphatic heterocycles. The van der Waals surface area contributed by atoms with Crippen LogP contribution in [0.15, 0.2) is 59.0 Å². The molecule has 0 unspecified atom stereocenters. The lowest BCUT2D eigenvalue weighted by atomic mass is 10.2. The number of rotatable bonds is 8. The molecule has 0 saturated heterocycles. The maximum Gasteiger partial charge on any atom is 0.291 e. The molecule has 3 rings (SSSR count). The van der Waals surface area contributed by atoms with Gasteiger partial charge in [0.2, 0.25) is 0 Å². The second-order valence-electron chi connectivity index (χ2n) is 5.75. The number of nitrogens with one attached hydrogen (secondary N) is 1. The van der Waals surface area contributed by atoms with Crippen molar-refractivity contribution in [2.75, 3.05) is 26.6 Å². The molecular formula is C21H21NO6. The van der Waals surface area contributed by atoms with Crippen LogP contribution in [0.25, 0.3) is 0 Å². The standard InChI is InChI=1S/C21H21NO6/c1-24-15-5-7-16(8-6-15)27-13-17-9-11-19(28-17)21(23)22-14-4-10-18(25-2)20(12-14)26-3/h4-12H,13H2,1-3H3,(H,22,23). The van der Waals surface area contributed by atoms with Gasteiger partial charge < -0.3 is 28.7 Å². The van der Waals surface area contributed by atoms with Crippen molar-refractivity contribution >= 4 is 11.6 Å². The first-order valence-corrected chi connectivity index (χ1v) is 8.52. The van der Waals surface area contributed by atoms with Gasteiger partial charge in [0.15, 0.2) is 17.3 Å². The molecule has 146 valence electrons. The van der Waals surface area contributed by atoms with Crippen molar-refractivity contribution in [3.63, 3.8) is 0 Å². The SMILES string of the molecule is COc1ccc(OCc2ccc(C(=O)Nc3ccc(OC)c(OC)c3)o2)cc1. The third-order valence-electron chi connectivity index (χ3n) is 3.97. The third-order valence-corrected chi connectivity index (χ3v) is 3.97. The van der Waals surface area contributed by atoms with Gasteiger partial charge in [-0.1, -0.05) is 0 Å². The van der Waals surface area contributed by atoms with Crippen LogP contribution in [0.4, 0.5) is 5.69 Å². The van der Waals surface area contributed by atoms with Crippen LogP contribution in [0.5, 0.6) is 23.0 Å². The molecule has 7 heteroatoms. The number of carbonyl (C=O) groups excluding carboxylic acids is 1. The zero-order valence-corrected chi connectivity index (χ0v) is 15.9. The molecule has 1 aromatic heterocycles. The van der Waals surface area contributed by atoms with Gasteiger partial charge in [0.1, 0.15) is 23.9 Å². The molecule has 0 bridgehead atoms. The van der Waals surface area contributed by atoms with Gasteiger partial charge >= 0.3 is 0 Å². The molecule has 2 aromatic carbocycles. The topological polar surface area (TPSA) is 79.2 Å². The fourth-order valence-electron chi connectivity index (χ4n) is 2.51. The highest BCUT2D eigenvalue weighted by Gasteiger charge is 2.13. The minimum atomic E-state index is -0.372. The van der Waals surface area contributed by atoms with E-state index >= 15 is 0 Å². The number of anilines is 1. The van der Waals surface area contributed by atoms with Gasteiger partial charge in [0, 0.05) is 11.8 Å². The molecule has 0 aliphatic carbocycles. The number of benzene rings is 2. The second kappa shape index (κ2) is 8.85. The maximum absolute atomic E-state index is 12.4. The molecular weight excluding hydrogens is 362 g/mol. The number of hydrogen-bond acceptors (Lipinski definition) is 6. The van der Waals surface area contributed by atoms with E-state index in [0.717, 1.165) is 5.75 Å². The van der Waals surface area contributed by atoms with E-state index in [9.17, 15) is 4.79 Å². The molecule has 1 heterocycles. The first-order valence-electron chi connectivity index (χ1n) is 8.52. The Hall–Kier alpha value is -3.61. The fraction of sp³-hybridized carbons (Fsp3) is 0.190. The van der Waals surface area contributed by atoms with Crippen molar-refractivity contribution in [2.45, 2.75) is 6.61 Å². The summed E-state index contributed by atoms with van der Waals surface area (Å²) in [7, 11) is 4.69. The van der Waals surface area contributed by atoms with Crippen LogP contribution in [-0.2, 0) is 6.61 Å². The Kier molecular flexibility index (Phi) is 6.06. The Morgan fingerprint density at radius 1 is 0.857 bits per heavy atom. The smallest absolute Gasteiger partial charge is 0.291 e. The molecule has 0 atom stereocenters. The molecule has 7 nitrogen and oxygen atoms in total. The Bertz CT molecular complexity index is 932. The number of ether oxygens (including phenoxy) is 4. The molecule has 1 amide bonds. The van der Waals surface area contributed by atoms with Gasteiger partial charge in [0.25, 0.3) is 5.91 Å². The minimum Gasteiger partial charge on any atom is -0.497 e. The van der Waals surface area contributed by atoms with E-state index in [1.54, 1.807) is 68.8 Å². The first-order chi connectivity index (χ1) is 13.6. The van der Waals surface area contributed by atoms with Gasteiger partial charge in [-0.3, -0.25) is 4.79 Å². The normalized spacial score (nSPS) is 10.2. The van der Waals surface area contributed by atoms with Crippen LogP contribution in [0.1, 0.15) is 16.3 Å². The van der Waals surface area contributed by atoms with Crippen LogP contribution >= 0.6 is 0 Å². The molecule has 0 saturated carbocycles. The Morgan fingerprint density at radius 2 is 1.57 bits per heavy atom. The Morgan fingerprint density at radius 3 is 2.25 bits per heavy atom. The van der Waals surface area contributed by atoms with Crippen LogP contribution in [0.2, 0.25) is 0 Å². The summed E-state index contributed by atoms with van der Waals surface area (Å²) in [6, 6.07) is 15.6. The van der Waals surface area contributed by atoms with Crippen LogP contribution in [0, 0.1) is 0 Å². The highest BCUT2D eigenvalue weighted by Crippen LogP contribution is 2.30. The Labute approximate surface area is 162 Å². The molecule has 0 spiro atoms. The second-order valence-corrected chi connectivity index (χ2v) is 5.75. The van der Waals surface area contributed by atoms with Crippen molar-refractivity contribution in [3.8, 4) is 23.0 Å². The summed E-state index contributed by atoms with van der Waals surface area (Å²) in [6.45, 7) is 0.204. The quantitative estimate of drug-likeness (QED) is 0.630. The maximum atomic E-state index is 12.4. The van der Waals surface area contributed by atoms with Gasteiger partial charge in [-0.15, -0.1) is 0 Å². The molecule has 0 aliphatic rings. The number of furan rings is 1. The van der Waals surface area contributed by atoms with E-state index < -0.39 is 0 Å². The summed E-state index contributed by atoms with van der Waals surface area (Å²) < 4.78 is 26.7. The van der Waals surface area contributed by atoms with Crippen molar-refractivity contribution in [1.82, 2.24) is 0 Å².